The predicted molar refractivity (Wildman–Crippen MR) is 74.5 cm³/mol. The first-order valence-electron chi connectivity index (χ1n) is 6.02. The maximum Gasteiger partial charge on any atom is 0.326 e. The summed E-state index contributed by atoms with van der Waals surface area (Å²) in [4.78, 5) is 12.8. The number of aliphatic carboxylic acids is 1. The predicted octanol–water partition coefficient (Wildman–Crippen LogP) is 2.23. The zero-order chi connectivity index (χ0) is 14.7. The van der Waals surface area contributed by atoms with Crippen LogP contribution >= 0.6 is 0 Å². The number of ether oxygens (including phenoxy) is 2. The van der Waals surface area contributed by atoms with Crippen molar-refractivity contribution in [3.05, 3.63) is 17.2 Å². The Hall–Kier alpha value is -1.91. The molecule has 0 spiro atoms. The van der Waals surface area contributed by atoms with Crippen molar-refractivity contribution in [2.75, 3.05) is 26.2 Å². The van der Waals surface area contributed by atoms with Crippen LogP contribution in [0.1, 0.15) is 18.1 Å². The molecule has 0 saturated heterocycles. The first-order valence-corrected chi connectivity index (χ1v) is 6.02. The fourth-order valence-electron chi connectivity index (χ4n) is 1.95. The number of hydrogen-bond acceptors (Lipinski definition) is 4. The Morgan fingerprint density at radius 3 is 2.26 bits per heavy atom. The Morgan fingerprint density at radius 2 is 1.84 bits per heavy atom. The molecule has 0 fully saturated rings. The number of anilines is 1. The van der Waals surface area contributed by atoms with E-state index in [0.717, 1.165) is 16.9 Å². The van der Waals surface area contributed by atoms with Gasteiger partial charge in [-0.2, -0.15) is 0 Å². The van der Waals surface area contributed by atoms with Crippen molar-refractivity contribution in [2.24, 2.45) is 0 Å². The molecule has 0 amide bonds. The van der Waals surface area contributed by atoms with Gasteiger partial charge in [0.15, 0.2) is 0 Å². The van der Waals surface area contributed by atoms with Crippen LogP contribution in [0.5, 0.6) is 11.5 Å². The second-order valence-electron chi connectivity index (χ2n) is 4.51. The molecule has 0 radical (unpaired) electrons. The number of carboxylic acid groups (broad SMARTS) is 1. The lowest BCUT2D eigenvalue weighted by Crippen LogP contribution is -2.36. The molecule has 19 heavy (non-hydrogen) atoms. The summed E-state index contributed by atoms with van der Waals surface area (Å²) in [5, 5.41) is 9.11. The average molecular weight is 267 g/mol. The summed E-state index contributed by atoms with van der Waals surface area (Å²) in [7, 11) is 4.90. The summed E-state index contributed by atoms with van der Waals surface area (Å²) >= 11 is 0. The zero-order valence-corrected chi connectivity index (χ0v) is 12.3. The number of likely N-dealkylation sites (N-methyl/N-ethyl adjacent to an activating group) is 1. The number of nitrogens with zero attached hydrogens (tertiary/aromatic N) is 1. The van der Waals surface area contributed by atoms with Gasteiger partial charge in [-0.05, 0) is 31.9 Å². The minimum Gasteiger partial charge on any atom is -0.496 e. The molecule has 1 aromatic carbocycles. The van der Waals surface area contributed by atoms with Crippen LogP contribution in [0, 0.1) is 13.8 Å². The Balaban J connectivity index is 3.41. The van der Waals surface area contributed by atoms with Crippen LogP contribution in [-0.4, -0.2) is 38.4 Å². The van der Waals surface area contributed by atoms with Crippen molar-refractivity contribution in [3.63, 3.8) is 0 Å². The van der Waals surface area contributed by atoms with Crippen LogP contribution in [0.25, 0.3) is 0 Å². The van der Waals surface area contributed by atoms with Crippen molar-refractivity contribution in [1.82, 2.24) is 0 Å². The Bertz CT molecular complexity index is 485. The molecule has 5 heteroatoms. The van der Waals surface area contributed by atoms with Gasteiger partial charge in [0.25, 0.3) is 0 Å². The van der Waals surface area contributed by atoms with Crippen LogP contribution in [0.4, 0.5) is 5.69 Å². The average Bonchev–Trinajstić information content (AvgIpc) is 2.39. The minimum absolute atomic E-state index is 0.652. The van der Waals surface area contributed by atoms with E-state index in [0.29, 0.717) is 11.4 Å². The van der Waals surface area contributed by atoms with Crippen LogP contribution in [0.2, 0.25) is 0 Å². The smallest absolute Gasteiger partial charge is 0.326 e. The molecule has 106 valence electrons. The molecule has 0 heterocycles. The van der Waals surface area contributed by atoms with Crippen LogP contribution in [-0.2, 0) is 4.79 Å². The monoisotopic (exact) mass is 267 g/mol. The van der Waals surface area contributed by atoms with E-state index in [1.165, 1.54) is 0 Å². The van der Waals surface area contributed by atoms with E-state index in [4.69, 9.17) is 14.6 Å². The highest BCUT2D eigenvalue weighted by atomic mass is 16.5. The molecule has 5 nitrogen and oxygen atoms in total. The van der Waals surface area contributed by atoms with Crippen molar-refractivity contribution >= 4 is 11.7 Å². The third-order valence-electron chi connectivity index (χ3n) is 3.52. The van der Waals surface area contributed by atoms with Gasteiger partial charge in [-0.25, -0.2) is 4.79 Å². The summed E-state index contributed by atoms with van der Waals surface area (Å²) in [5.74, 6) is 0.508. The number of hydrogen-bond donors (Lipinski definition) is 1. The van der Waals surface area contributed by atoms with Crippen molar-refractivity contribution in [2.45, 2.75) is 26.8 Å². The van der Waals surface area contributed by atoms with Gasteiger partial charge in [-0.3, -0.25) is 0 Å². The standard InChI is InChI=1S/C14H21NO4/c1-8-9(2)13(19-6)11(7-12(8)18-5)15(4)10(3)14(16)17/h7,10H,1-6H3,(H,16,17). The van der Waals surface area contributed by atoms with E-state index >= 15 is 0 Å². The van der Waals surface area contributed by atoms with Gasteiger partial charge in [0.05, 0.1) is 19.9 Å². The zero-order valence-electron chi connectivity index (χ0n) is 12.3. The maximum atomic E-state index is 11.1. The van der Waals surface area contributed by atoms with E-state index in [2.05, 4.69) is 0 Å². The van der Waals surface area contributed by atoms with Crippen LogP contribution < -0.4 is 14.4 Å². The maximum absolute atomic E-state index is 11.1. The molecular weight excluding hydrogens is 246 g/mol. The molecule has 0 aromatic heterocycles. The van der Waals surface area contributed by atoms with Gasteiger partial charge in [-0.15, -0.1) is 0 Å². The minimum atomic E-state index is -0.887. The van der Waals surface area contributed by atoms with Gasteiger partial charge >= 0.3 is 5.97 Å². The van der Waals surface area contributed by atoms with Gasteiger partial charge < -0.3 is 19.5 Å². The SMILES string of the molecule is COc1cc(N(C)C(C)C(=O)O)c(OC)c(C)c1C. The topological polar surface area (TPSA) is 59.0 Å². The molecule has 1 rings (SSSR count). The van der Waals surface area contributed by atoms with Crippen molar-refractivity contribution < 1.29 is 19.4 Å². The third kappa shape index (κ3) is 2.75. The Morgan fingerprint density at radius 1 is 1.26 bits per heavy atom. The molecule has 1 atom stereocenters. The van der Waals surface area contributed by atoms with Crippen molar-refractivity contribution in [1.29, 1.82) is 0 Å². The summed E-state index contributed by atoms with van der Waals surface area (Å²) in [6, 6.07) is 1.15. The van der Waals surface area contributed by atoms with E-state index < -0.39 is 12.0 Å². The molecule has 1 N–H and O–H groups in total. The van der Waals surface area contributed by atoms with Gasteiger partial charge in [0.1, 0.15) is 17.5 Å². The first-order chi connectivity index (χ1) is 8.84. The van der Waals surface area contributed by atoms with Crippen LogP contribution in [0.15, 0.2) is 6.07 Å². The quantitative estimate of drug-likeness (QED) is 0.886. The second-order valence-corrected chi connectivity index (χ2v) is 4.51. The largest absolute Gasteiger partial charge is 0.496 e. The molecule has 0 aliphatic carbocycles. The second kappa shape index (κ2) is 5.82. The molecule has 0 aliphatic heterocycles. The normalized spacial score (nSPS) is 11.9. The summed E-state index contributed by atoms with van der Waals surface area (Å²) in [6.07, 6.45) is 0. The molecule has 0 aliphatic rings. The Kier molecular flexibility index (Phi) is 4.64. The highest BCUT2D eigenvalue weighted by Crippen LogP contribution is 2.39. The van der Waals surface area contributed by atoms with E-state index in [9.17, 15) is 4.79 Å². The molecular formula is C14H21NO4. The number of carbonyl (C=O) groups is 1. The van der Waals surface area contributed by atoms with Gasteiger partial charge in [0.2, 0.25) is 0 Å². The summed E-state index contributed by atoms with van der Waals surface area (Å²) in [5.41, 5.74) is 2.64. The van der Waals surface area contributed by atoms with E-state index in [1.807, 2.05) is 13.8 Å². The van der Waals surface area contributed by atoms with Gasteiger partial charge in [-0.1, -0.05) is 0 Å². The van der Waals surface area contributed by atoms with E-state index in [-0.39, 0.29) is 0 Å². The first kappa shape index (κ1) is 15.1. The fraction of sp³-hybridized carbons (Fsp3) is 0.500. The summed E-state index contributed by atoms with van der Waals surface area (Å²) in [6.45, 7) is 5.50. The lowest BCUT2D eigenvalue weighted by Gasteiger charge is -2.27. The number of rotatable bonds is 5. The molecule has 0 saturated carbocycles. The molecule has 1 unspecified atom stereocenters. The Labute approximate surface area is 113 Å². The number of methoxy groups -OCH3 is 2. The fourth-order valence-corrected chi connectivity index (χ4v) is 1.95. The number of carboxylic acids is 1. The third-order valence-corrected chi connectivity index (χ3v) is 3.52. The number of benzene rings is 1. The highest BCUT2D eigenvalue weighted by Gasteiger charge is 2.23. The van der Waals surface area contributed by atoms with Gasteiger partial charge in [0, 0.05) is 13.1 Å². The molecule has 0 bridgehead atoms. The van der Waals surface area contributed by atoms with Crippen LogP contribution in [0.3, 0.4) is 0 Å². The van der Waals surface area contributed by atoms with E-state index in [1.54, 1.807) is 39.2 Å². The lowest BCUT2D eigenvalue weighted by molar-refractivity contribution is -0.138. The van der Waals surface area contributed by atoms with Crippen molar-refractivity contribution in [3.8, 4) is 11.5 Å². The highest BCUT2D eigenvalue weighted by molar-refractivity contribution is 5.80. The lowest BCUT2D eigenvalue weighted by atomic mass is 10.0. The summed E-state index contributed by atoms with van der Waals surface area (Å²) < 4.78 is 10.7. The molecule has 1 aromatic rings.